The molecule has 0 aliphatic carbocycles. The van der Waals surface area contributed by atoms with E-state index in [9.17, 15) is 4.79 Å². The van der Waals surface area contributed by atoms with E-state index in [1.807, 2.05) is 19.8 Å². The second kappa shape index (κ2) is 2.73. The summed E-state index contributed by atoms with van der Waals surface area (Å²) >= 11 is 0. The number of hydrogen-bond acceptors (Lipinski definition) is 1. The highest BCUT2D eigenvalue weighted by Crippen LogP contribution is 1.84. The molecule has 0 fully saturated rings. The Bertz CT molecular complexity index is 279. The van der Waals surface area contributed by atoms with E-state index >= 15 is 0 Å². The smallest absolute Gasteiger partial charge is 0.241 e. The van der Waals surface area contributed by atoms with Gasteiger partial charge in [0.2, 0.25) is 5.56 Å². The normalized spacial score (nSPS) is 9.40. The summed E-state index contributed by atoms with van der Waals surface area (Å²) in [6.45, 7) is 3.80. The van der Waals surface area contributed by atoms with Crippen LogP contribution in [-0.4, -0.2) is 12.3 Å². The van der Waals surface area contributed by atoms with E-state index < -0.39 is 0 Å². The van der Waals surface area contributed by atoms with E-state index in [4.69, 9.17) is 0 Å². The van der Waals surface area contributed by atoms with Crippen LogP contribution in [-0.2, 0) is 0 Å². The van der Waals surface area contributed by atoms with Gasteiger partial charge in [-0.3, -0.25) is 4.79 Å². The van der Waals surface area contributed by atoms with Gasteiger partial charge in [-0.05, 0) is 17.9 Å². The quantitative estimate of drug-likeness (QED) is 0.541. The Morgan fingerprint density at radius 2 is 2.30 bits per heavy atom. The molecule has 1 aromatic rings. The van der Waals surface area contributed by atoms with Gasteiger partial charge in [-0.2, -0.15) is 0 Å². The Kier molecular flexibility index (Phi) is 1.95. The molecular weight excluding hydrogens is 125 g/mol. The second-order valence-electron chi connectivity index (χ2n) is 2.25. The molecule has 1 N–H and O–H groups in total. The molecule has 10 heavy (non-hydrogen) atoms. The van der Waals surface area contributed by atoms with E-state index in [2.05, 4.69) is 4.98 Å². The zero-order chi connectivity index (χ0) is 7.56. The highest BCUT2D eigenvalue weighted by molar-refractivity contribution is 6.51. The third-order valence-corrected chi connectivity index (χ3v) is 1.39. The maximum absolute atomic E-state index is 10.9. The largest absolute Gasteiger partial charge is 0.329 e. The molecular formula is C7H9BNO. The fourth-order valence-electron chi connectivity index (χ4n) is 0.830. The summed E-state index contributed by atoms with van der Waals surface area (Å²) in [5.74, 6) is 0. The van der Waals surface area contributed by atoms with Crippen molar-refractivity contribution in [2.45, 2.75) is 13.7 Å². The first-order valence-electron chi connectivity index (χ1n) is 3.22. The van der Waals surface area contributed by atoms with E-state index in [0.717, 1.165) is 11.0 Å². The van der Waals surface area contributed by atoms with Gasteiger partial charge in [0, 0.05) is 6.20 Å². The highest BCUT2D eigenvalue weighted by atomic mass is 16.1. The lowest BCUT2D eigenvalue weighted by Crippen LogP contribution is -2.31. The Morgan fingerprint density at radius 3 is 2.80 bits per heavy atom. The molecule has 51 valence electrons. The minimum Gasteiger partial charge on any atom is -0.329 e. The molecule has 0 bridgehead atoms. The monoisotopic (exact) mass is 134 g/mol. The zero-order valence-corrected chi connectivity index (χ0v) is 6.14. The summed E-state index contributed by atoms with van der Waals surface area (Å²) < 4.78 is 0. The van der Waals surface area contributed by atoms with Gasteiger partial charge in [-0.15, -0.1) is 0 Å². The van der Waals surface area contributed by atoms with Gasteiger partial charge in [-0.25, -0.2) is 0 Å². The van der Waals surface area contributed by atoms with Crippen molar-refractivity contribution < 1.29 is 0 Å². The molecule has 1 heterocycles. The van der Waals surface area contributed by atoms with Gasteiger partial charge < -0.3 is 4.98 Å². The molecule has 3 heteroatoms. The Labute approximate surface area is 60.5 Å². The van der Waals surface area contributed by atoms with Crippen molar-refractivity contribution >= 4 is 12.7 Å². The molecule has 0 aliphatic heterocycles. The predicted octanol–water partition coefficient (Wildman–Crippen LogP) is 0.0609. The Balaban J connectivity index is 3.22. The van der Waals surface area contributed by atoms with Gasteiger partial charge in [-0.1, -0.05) is 12.9 Å². The van der Waals surface area contributed by atoms with Crippen LogP contribution in [0.25, 0.3) is 0 Å². The van der Waals surface area contributed by atoms with Gasteiger partial charge in [0.05, 0.1) is 0 Å². The fourth-order valence-corrected chi connectivity index (χ4v) is 0.830. The van der Waals surface area contributed by atoms with Crippen molar-refractivity contribution in [1.29, 1.82) is 0 Å². The van der Waals surface area contributed by atoms with Crippen LogP contribution in [0.2, 0.25) is 6.82 Å². The number of H-pyrrole nitrogens is 1. The summed E-state index contributed by atoms with van der Waals surface area (Å²) in [6.07, 6.45) is 1.70. The SMILES string of the molecule is C[B]c1cc(C)c[nH]c1=O. The van der Waals surface area contributed by atoms with Crippen molar-refractivity contribution in [2.75, 3.05) is 0 Å². The van der Waals surface area contributed by atoms with Crippen LogP contribution >= 0.6 is 0 Å². The number of hydrogen-bond donors (Lipinski definition) is 1. The maximum atomic E-state index is 10.9. The van der Waals surface area contributed by atoms with Crippen LogP contribution in [0.1, 0.15) is 5.56 Å². The average Bonchev–Trinajstić information content (AvgIpc) is 1.94. The van der Waals surface area contributed by atoms with Gasteiger partial charge in [0.1, 0.15) is 0 Å². The first-order valence-corrected chi connectivity index (χ1v) is 3.22. The van der Waals surface area contributed by atoms with Gasteiger partial charge in [0.25, 0.3) is 0 Å². The minimum absolute atomic E-state index is 0.0203. The van der Waals surface area contributed by atoms with Crippen LogP contribution < -0.4 is 11.0 Å². The van der Waals surface area contributed by atoms with E-state index in [0.29, 0.717) is 0 Å². The van der Waals surface area contributed by atoms with Crippen molar-refractivity contribution in [1.82, 2.24) is 4.98 Å². The lowest BCUT2D eigenvalue weighted by molar-refractivity contribution is 1.22. The highest BCUT2D eigenvalue weighted by Gasteiger charge is 1.95. The van der Waals surface area contributed by atoms with Crippen LogP contribution in [0.3, 0.4) is 0 Å². The lowest BCUT2D eigenvalue weighted by Gasteiger charge is -1.94. The van der Waals surface area contributed by atoms with E-state index in [-0.39, 0.29) is 5.56 Å². The summed E-state index contributed by atoms with van der Waals surface area (Å²) in [4.78, 5) is 13.5. The molecule has 1 aromatic heterocycles. The number of nitrogens with one attached hydrogen (secondary N) is 1. The molecule has 0 unspecified atom stereocenters. The number of pyridine rings is 1. The molecule has 1 rings (SSSR count). The number of aryl methyl sites for hydroxylation is 1. The molecule has 0 spiro atoms. The van der Waals surface area contributed by atoms with Crippen LogP contribution in [0.4, 0.5) is 0 Å². The Hall–Kier alpha value is -0.985. The van der Waals surface area contributed by atoms with Crippen LogP contribution in [0, 0.1) is 6.92 Å². The van der Waals surface area contributed by atoms with Gasteiger partial charge in [0.15, 0.2) is 7.28 Å². The minimum atomic E-state index is -0.0203. The van der Waals surface area contributed by atoms with Crippen molar-refractivity contribution in [3.8, 4) is 0 Å². The van der Waals surface area contributed by atoms with E-state index in [1.54, 1.807) is 13.5 Å². The number of aromatic nitrogens is 1. The third-order valence-electron chi connectivity index (χ3n) is 1.39. The van der Waals surface area contributed by atoms with Crippen LogP contribution in [0.15, 0.2) is 17.1 Å². The standard InChI is InChI=1S/C7H9BNO/c1-5-3-6(8-2)7(10)9-4-5/h3-4H,1-2H3,(H,9,10). The maximum Gasteiger partial charge on any atom is 0.241 e. The topological polar surface area (TPSA) is 32.9 Å². The molecule has 0 aromatic carbocycles. The van der Waals surface area contributed by atoms with E-state index in [1.165, 1.54) is 0 Å². The first kappa shape index (κ1) is 7.13. The third kappa shape index (κ3) is 1.29. The predicted molar refractivity (Wildman–Crippen MR) is 43.1 cm³/mol. The lowest BCUT2D eigenvalue weighted by atomic mass is 9.74. The molecule has 0 saturated heterocycles. The van der Waals surface area contributed by atoms with Gasteiger partial charge >= 0.3 is 0 Å². The van der Waals surface area contributed by atoms with Crippen molar-refractivity contribution in [3.63, 3.8) is 0 Å². The molecule has 0 atom stereocenters. The molecule has 0 aliphatic rings. The summed E-state index contributed by atoms with van der Waals surface area (Å²) in [7, 11) is 1.80. The van der Waals surface area contributed by atoms with Crippen molar-refractivity contribution in [2.24, 2.45) is 0 Å². The molecule has 0 saturated carbocycles. The summed E-state index contributed by atoms with van der Waals surface area (Å²) in [6, 6.07) is 1.86. The molecule has 1 radical (unpaired) electrons. The fraction of sp³-hybridized carbons (Fsp3) is 0.286. The molecule has 2 nitrogen and oxygen atoms in total. The summed E-state index contributed by atoms with van der Waals surface area (Å²) in [5.41, 5.74) is 1.79. The Morgan fingerprint density at radius 1 is 1.60 bits per heavy atom. The first-order chi connectivity index (χ1) is 4.74. The van der Waals surface area contributed by atoms with Crippen molar-refractivity contribution in [3.05, 3.63) is 28.2 Å². The summed E-state index contributed by atoms with van der Waals surface area (Å²) in [5, 5.41) is 0. The zero-order valence-electron chi connectivity index (χ0n) is 6.14. The average molecular weight is 134 g/mol. The number of aromatic amines is 1. The molecule has 0 amide bonds. The number of rotatable bonds is 1. The van der Waals surface area contributed by atoms with Crippen LogP contribution in [0.5, 0.6) is 0 Å². The second-order valence-corrected chi connectivity index (χ2v) is 2.25.